The van der Waals surface area contributed by atoms with Crippen molar-refractivity contribution >= 4 is 5.97 Å². The summed E-state index contributed by atoms with van der Waals surface area (Å²) in [6, 6.07) is 9.88. The highest BCUT2D eigenvalue weighted by Gasteiger charge is 2.37. The van der Waals surface area contributed by atoms with Gasteiger partial charge in [0.15, 0.2) is 12.4 Å². The molecule has 0 saturated carbocycles. The van der Waals surface area contributed by atoms with Gasteiger partial charge in [0.2, 0.25) is 0 Å². The number of carbonyl (C=O) groups is 1. The van der Waals surface area contributed by atoms with Crippen LogP contribution in [0, 0.1) is 5.92 Å². The van der Waals surface area contributed by atoms with Gasteiger partial charge in [-0.1, -0.05) is 37.3 Å². The summed E-state index contributed by atoms with van der Waals surface area (Å²) in [4.78, 5) is 11.7. The summed E-state index contributed by atoms with van der Waals surface area (Å²) in [5, 5.41) is 0. The van der Waals surface area contributed by atoms with Crippen LogP contribution in [0.1, 0.15) is 38.0 Å². The Bertz CT molecular complexity index is 459. The molecule has 2 aliphatic rings. The van der Waals surface area contributed by atoms with Gasteiger partial charge in [0.05, 0.1) is 6.61 Å². The van der Waals surface area contributed by atoms with Crippen molar-refractivity contribution in [1.29, 1.82) is 0 Å². The summed E-state index contributed by atoms with van der Waals surface area (Å²) in [5.74, 6) is 0.321. The Hall–Kier alpha value is -1.39. The fourth-order valence-electron chi connectivity index (χ4n) is 2.78. The van der Waals surface area contributed by atoms with E-state index in [-0.39, 0.29) is 24.5 Å². The molecule has 0 spiro atoms. The second kappa shape index (κ2) is 5.94. The zero-order chi connectivity index (χ0) is 13.9. The summed E-state index contributed by atoms with van der Waals surface area (Å²) in [7, 11) is 0. The molecule has 2 fully saturated rings. The van der Waals surface area contributed by atoms with E-state index >= 15 is 0 Å². The fraction of sp³-hybridized carbons (Fsp3) is 0.562. The molecule has 0 amide bonds. The van der Waals surface area contributed by atoms with Crippen LogP contribution in [-0.2, 0) is 19.0 Å². The number of ether oxygens (including phenoxy) is 3. The van der Waals surface area contributed by atoms with E-state index in [1.165, 1.54) is 0 Å². The van der Waals surface area contributed by atoms with Crippen LogP contribution in [0.4, 0.5) is 0 Å². The molecular formula is C16H20O4. The van der Waals surface area contributed by atoms with Crippen LogP contribution in [0.3, 0.4) is 0 Å². The highest BCUT2D eigenvalue weighted by Crippen LogP contribution is 2.32. The Labute approximate surface area is 119 Å². The summed E-state index contributed by atoms with van der Waals surface area (Å²) < 4.78 is 17.2. The highest BCUT2D eigenvalue weighted by atomic mass is 16.7. The zero-order valence-electron chi connectivity index (χ0n) is 11.7. The molecule has 2 aliphatic heterocycles. The second-order valence-corrected chi connectivity index (χ2v) is 5.66. The molecule has 0 aliphatic carbocycles. The minimum absolute atomic E-state index is 0.0757. The summed E-state index contributed by atoms with van der Waals surface area (Å²) in [6.45, 7) is 2.56. The molecule has 1 aromatic rings. The van der Waals surface area contributed by atoms with Gasteiger partial charge in [-0.15, -0.1) is 0 Å². The Morgan fingerprint density at radius 2 is 1.95 bits per heavy atom. The lowest BCUT2D eigenvalue weighted by Gasteiger charge is -2.38. The Kier molecular flexibility index (Phi) is 4.03. The third-order valence-corrected chi connectivity index (χ3v) is 3.96. The SMILES string of the molecule is C[C@H]1CCC(=O)O[C@@H]2CO[C@@H](c3ccccc3)O[C@H]2C1. The van der Waals surface area contributed by atoms with Gasteiger partial charge in [-0.25, -0.2) is 0 Å². The van der Waals surface area contributed by atoms with Crippen LogP contribution in [0.2, 0.25) is 0 Å². The quantitative estimate of drug-likeness (QED) is 0.740. The fourth-order valence-corrected chi connectivity index (χ4v) is 2.78. The molecule has 4 nitrogen and oxygen atoms in total. The van der Waals surface area contributed by atoms with Crippen molar-refractivity contribution in [3.63, 3.8) is 0 Å². The number of benzene rings is 1. The van der Waals surface area contributed by atoms with Crippen molar-refractivity contribution in [3.05, 3.63) is 35.9 Å². The van der Waals surface area contributed by atoms with Crippen LogP contribution in [-0.4, -0.2) is 24.8 Å². The largest absolute Gasteiger partial charge is 0.457 e. The second-order valence-electron chi connectivity index (χ2n) is 5.66. The normalized spacial score (nSPS) is 34.5. The van der Waals surface area contributed by atoms with Crippen LogP contribution in [0.5, 0.6) is 0 Å². The first kappa shape index (κ1) is 13.6. The maximum absolute atomic E-state index is 11.7. The Morgan fingerprint density at radius 1 is 1.15 bits per heavy atom. The molecule has 1 aromatic carbocycles. The van der Waals surface area contributed by atoms with E-state index in [1.807, 2.05) is 30.3 Å². The zero-order valence-corrected chi connectivity index (χ0v) is 11.7. The third kappa shape index (κ3) is 3.02. The molecule has 2 heterocycles. The molecule has 0 N–H and O–H groups in total. The van der Waals surface area contributed by atoms with Crippen LogP contribution >= 0.6 is 0 Å². The average molecular weight is 276 g/mol. The number of fused-ring (bicyclic) bond motifs is 1. The molecule has 20 heavy (non-hydrogen) atoms. The van der Waals surface area contributed by atoms with Crippen molar-refractivity contribution in [2.45, 2.75) is 44.7 Å². The van der Waals surface area contributed by atoms with E-state index < -0.39 is 0 Å². The summed E-state index contributed by atoms with van der Waals surface area (Å²) in [6.07, 6.45) is 1.56. The van der Waals surface area contributed by atoms with Crippen molar-refractivity contribution < 1.29 is 19.0 Å². The first-order chi connectivity index (χ1) is 9.72. The number of esters is 1. The highest BCUT2D eigenvalue weighted by molar-refractivity contribution is 5.69. The molecule has 0 unspecified atom stereocenters. The first-order valence-electron chi connectivity index (χ1n) is 7.24. The van der Waals surface area contributed by atoms with E-state index in [9.17, 15) is 4.79 Å². The van der Waals surface area contributed by atoms with E-state index in [0.29, 0.717) is 18.9 Å². The molecular weight excluding hydrogens is 256 g/mol. The average Bonchev–Trinajstić information content (AvgIpc) is 2.46. The number of hydrogen-bond donors (Lipinski definition) is 0. The molecule has 4 heteroatoms. The lowest BCUT2D eigenvalue weighted by Crippen LogP contribution is -2.45. The first-order valence-corrected chi connectivity index (χ1v) is 7.24. The van der Waals surface area contributed by atoms with Crippen molar-refractivity contribution in [1.82, 2.24) is 0 Å². The molecule has 0 aromatic heterocycles. The maximum atomic E-state index is 11.7. The van der Waals surface area contributed by atoms with E-state index in [2.05, 4.69) is 6.92 Å². The van der Waals surface area contributed by atoms with E-state index in [1.54, 1.807) is 0 Å². The monoisotopic (exact) mass is 276 g/mol. The lowest BCUT2D eigenvalue weighted by molar-refractivity contribution is -0.267. The third-order valence-electron chi connectivity index (χ3n) is 3.96. The van der Waals surface area contributed by atoms with Crippen LogP contribution in [0.25, 0.3) is 0 Å². The van der Waals surface area contributed by atoms with Crippen molar-refractivity contribution in [2.75, 3.05) is 6.61 Å². The predicted octanol–water partition coefficient (Wildman–Crippen LogP) is 2.83. The smallest absolute Gasteiger partial charge is 0.306 e. The Balaban J connectivity index is 1.73. The number of carbonyl (C=O) groups excluding carboxylic acids is 1. The summed E-state index contributed by atoms with van der Waals surface area (Å²) >= 11 is 0. The van der Waals surface area contributed by atoms with Crippen molar-refractivity contribution in [3.8, 4) is 0 Å². The minimum atomic E-state index is -0.359. The van der Waals surface area contributed by atoms with Gasteiger partial charge < -0.3 is 14.2 Å². The minimum Gasteiger partial charge on any atom is -0.457 e. The molecule has 108 valence electrons. The van der Waals surface area contributed by atoms with E-state index in [4.69, 9.17) is 14.2 Å². The van der Waals surface area contributed by atoms with Gasteiger partial charge in [-0.2, -0.15) is 0 Å². The van der Waals surface area contributed by atoms with Gasteiger partial charge >= 0.3 is 5.97 Å². The molecule has 0 bridgehead atoms. The van der Waals surface area contributed by atoms with Gasteiger partial charge in [0, 0.05) is 12.0 Å². The molecule has 3 rings (SSSR count). The molecule has 4 atom stereocenters. The van der Waals surface area contributed by atoms with Gasteiger partial charge in [0.25, 0.3) is 0 Å². The van der Waals surface area contributed by atoms with Gasteiger partial charge in [-0.05, 0) is 18.8 Å². The predicted molar refractivity (Wildman–Crippen MR) is 72.9 cm³/mol. The van der Waals surface area contributed by atoms with E-state index in [0.717, 1.165) is 18.4 Å². The maximum Gasteiger partial charge on any atom is 0.306 e. The van der Waals surface area contributed by atoms with Crippen LogP contribution < -0.4 is 0 Å². The molecule has 2 saturated heterocycles. The van der Waals surface area contributed by atoms with Gasteiger partial charge in [0.1, 0.15) is 6.10 Å². The standard InChI is InChI=1S/C16H20O4/c1-11-7-8-15(17)19-14-10-18-16(20-13(14)9-11)12-5-3-2-4-6-12/h2-6,11,13-14,16H,7-10H2,1H3/t11-,13-,14+,16+/m0/s1. The summed E-state index contributed by atoms with van der Waals surface area (Å²) in [5.41, 5.74) is 1.01. The van der Waals surface area contributed by atoms with Crippen LogP contribution in [0.15, 0.2) is 30.3 Å². The number of hydrogen-bond acceptors (Lipinski definition) is 4. The molecule has 0 radical (unpaired) electrons. The number of rotatable bonds is 1. The topological polar surface area (TPSA) is 44.8 Å². The van der Waals surface area contributed by atoms with Gasteiger partial charge in [-0.3, -0.25) is 4.79 Å². The Morgan fingerprint density at radius 3 is 2.75 bits per heavy atom. The van der Waals surface area contributed by atoms with Crippen molar-refractivity contribution in [2.24, 2.45) is 5.92 Å². The lowest BCUT2D eigenvalue weighted by atomic mass is 9.94.